The van der Waals surface area contributed by atoms with Crippen molar-refractivity contribution in [3.8, 4) is 0 Å². The number of hydrogen-bond donors (Lipinski definition) is 0. The lowest BCUT2D eigenvalue weighted by Gasteiger charge is -2.42. The predicted molar refractivity (Wildman–Crippen MR) is 52.5 cm³/mol. The third kappa shape index (κ3) is 0.643. The lowest BCUT2D eigenvalue weighted by atomic mass is 9.63. The number of ether oxygens (including phenoxy) is 1. The molecule has 0 N–H and O–H groups in total. The minimum Gasteiger partial charge on any atom is -0.375 e. The highest BCUT2D eigenvalue weighted by atomic mass is 16.5. The molecule has 74 valence electrons. The first kappa shape index (κ1) is 8.28. The van der Waals surface area contributed by atoms with Crippen molar-refractivity contribution in [2.24, 2.45) is 16.7 Å². The number of rotatable bonds is 0. The van der Waals surface area contributed by atoms with Gasteiger partial charge in [-0.1, -0.05) is 13.8 Å². The van der Waals surface area contributed by atoms with Gasteiger partial charge in [0, 0.05) is 12.0 Å². The van der Waals surface area contributed by atoms with Crippen molar-refractivity contribution in [2.75, 3.05) is 6.61 Å². The van der Waals surface area contributed by atoms with E-state index in [0.29, 0.717) is 10.8 Å². The van der Waals surface area contributed by atoms with Crippen molar-refractivity contribution in [2.45, 2.75) is 52.1 Å². The lowest BCUT2D eigenvalue weighted by molar-refractivity contribution is -0.0569. The Hall–Kier alpha value is -0.0400. The Morgan fingerprint density at radius 2 is 1.92 bits per heavy atom. The summed E-state index contributed by atoms with van der Waals surface area (Å²) >= 11 is 0. The van der Waals surface area contributed by atoms with Crippen LogP contribution in [0.2, 0.25) is 0 Å². The average Bonchev–Trinajstić information content (AvgIpc) is 2.55. The molecular weight excluding hydrogens is 160 g/mol. The minimum atomic E-state index is 0.236. The Bertz CT molecular complexity index is 247. The highest BCUT2D eigenvalue weighted by molar-refractivity contribution is 5.20. The summed E-state index contributed by atoms with van der Waals surface area (Å²) in [6.45, 7) is 8.32. The number of hydrogen-bond acceptors (Lipinski definition) is 1. The van der Waals surface area contributed by atoms with Gasteiger partial charge in [0.05, 0.1) is 5.60 Å². The Balaban J connectivity index is 2.15. The molecule has 3 rings (SSSR count). The third-order valence-electron chi connectivity index (χ3n) is 5.77. The molecule has 2 bridgehead atoms. The fourth-order valence-electron chi connectivity index (χ4n) is 4.82. The largest absolute Gasteiger partial charge is 0.375 e. The van der Waals surface area contributed by atoms with E-state index in [0.717, 1.165) is 12.5 Å². The van der Waals surface area contributed by atoms with Crippen LogP contribution in [0.1, 0.15) is 46.5 Å². The van der Waals surface area contributed by atoms with E-state index >= 15 is 0 Å². The Morgan fingerprint density at radius 1 is 1.15 bits per heavy atom. The van der Waals surface area contributed by atoms with E-state index in [1.54, 1.807) is 0 Å². The highest BCUT2D eigenvalue weighted by Crippen LogP contribution is 2.74. The van der Waals surface area contributed by atoms with Crippen molar-refractivity contribution in [1.82, 2.24) is 0 Å². The molecule has 1 heterocycles. The summed E-state index contributed by atoms with van der Waals surface area (Å²) < 4.78 is 6.02. The van der Waals surface area contributed by atoms with Gasteiger partial charge in [-0.05, 0) is 43.9 Å². The van der Waals surface area contributed by atoms with Crippen LogP contribution in [-0.4, -0.2) is 12.2 Å². The van der Waals surface area contributed by atoms with Crippen molar-refractivity contribution < 1.29 is 4.74 Å². The summed E-state index contributed by atoms with van der Waals surface area (Å²) in [6.07, 6.45) is 5.50. The van der Waals surface area contributed by atoms with Crippen LogP contribution in [0, 0.1) is 16.7 Å². The van der Waals surface area contributed by atoms with Gasteiger partial charge in [-0.15, -0.1) is 0 Å². The summed E-state index contributed by atoms with van der Waals surface area (Å²) in [5, 5.41) is 0. The Morgan fingerprint density at radius 3 is 2.54 bits per heavy atom. The highest BCUT2D eigenvalue weighted by Gasteiger charge is 2.71. The maximum Gasteiger partial charge on any atom is 0.0719 e. The lowest BCUT2D eigenvalue weighted by Crippen LogP contribution is -2.43. The van der Waals surface area contributed by atoms with Crippen LogP contribution in [0.25, 0.3) is 0 Å². The van der Waals surface area contributed by atoms with E-state index in [2.05, 4.69) is 20.8 Å². The average molecular weight is 180 g/mol. The molecule has 0 aromatic heterocycles. The maximum absolute atomic E-state index is 6.02. The molecule has 13 heavy (non-hydrogen) atoms. The van der Waals surface area contributed by atoms with E-state index in [4.69, 9.17) is 4.74 Å². The van der Waals surface area contributed by atoms with Gasteiger partial charge >= 0.3 is 0 Å². The van der Waals surface area contributed by atoms with Crippen LogP contribution >= 0.6 is 0 Å². The second-order valence-electron chi connectivity index (χ2n) is 6.07. The van der Waals surface area contributed by atoms with Crippen LogP contribution in [-0.2, 0) is 4.74 Å². The molecule has 1 nitrogen and oxygen atoms in total. The molecular formula is C12H20O. The zero-order valence-electron chi connectivity index (χ0n) is 9.02. The van der Waals surface area contributed by atoms with Gasteiger partial charge in [0.25, 0.3) is 0 Å². The zero-order valence-corrected chi connectivity index (χ0v) is 9.02. The summed E-state index contributed by atoms with van der Waals surface area (Å²) in [7, 11) is 0. The smallest absolute Gasteiger partial charge is 0.0719 e. The molecule has 3 atom stereocenters. The zero-order chi connectivity index (χ0) is 9.32. The third-order valence-corrected chi connectivity index (χ3v) is 5.77. The molecule has 0 radical (unpaired) electrons. The summed E-state index contributed by atoms with van der Waals surface area (Å²) in [5.74, 6) is 0.929. The van der Waals surface area contributed by atoms with E-state index in [1.807, 2.05) is 0 Å². The fraction of sp³-hybridized carbons (Fsp3) is 1.00. The van der Waals surface area contributed by atoms with E-state index < -0.39 is 0 Å². The monoisotopic (exact) mass is 180 g/mol. The van der Waals surface area contributed by atoms with Gasteiger partial charge in [-0.2, -0.15) is 0 Å². The molecule has 0 aromatic rings. The van der Waals surface area contributed by atoms with Gasteiger partial charge in [-0.3, -0.25) is 0 Å². The van der Waals surface area contributed by atoms with Crippen LogP contribution in [0.4, 0.5) is 0 Å². The predicted octanol–water partition coefficient (Wildman–Crippen LogP) is 2.99. The molecule has 1 saturated heterocycles. The van der Waals surface area contributed by atoms with Crippen molar-refractivity contribution >= 4 is 0 Å². The molecule has 1 aliphatic heterocycles. The molecule has 3 aliphatic rings. The van der Waals surface area contributed by atoms with Gasteiger partial charge in [-0.25, -0.2) is 0 Å². The van der Waals surface area contributed by atoms with Crippen LogP contribution in [0.5, 0.6) is 0 Å². The Labute approximate surface area is 80.8 Å². The summed E-state index contributed by atoms with van der Waals surface area (Å²) in [5.41, 5.74) is 1.31. The summed E-state index contributed by atoms with van der Waals surface area (Å²) in [6, 6.07) is 0. The van der Waals surface area contributed by atoms with Gasteiger partial charge in [0.15, 0.2) is 0 Å². The first-order valence-corrected chi connectivity index (χ1v) is 5.66. The summed E-state index contributed by atoms with van der Waals surface area (Å²) in [4.78, 5) is 0. The maximum atomic E-state index is 6.02. The second kappa shape index (κ2) is 1.98. The first-order valence-electron chi connectivity index (χ1n) is 5.66. The van der Waals surface area contributed by atoms with Crippen LogP contribution < -0.4 is 0 Å². The van der Waals surface area contributed by atoms with E-state index in [9.17, 15) is 0 Å². The van der Waals surface area contributed by atoms with Crippen LogP contribution in [0.3, 0.4) is 0 Å². The molecule has 0 amide bonds. The molecule has 2 saturated carbocycles. The minimum absolute atomic E-state index is 0.236. The van der Waals surface area contributed by atoms with Gasteiger partial charge in [0.1, 0.15) is 0 Å². The quantitative estimate of drug-likeness (QED) is 0.557. The van der Waals surface area contributed by atoms with E-state index in [-0.39, 0.29) is 5.60 Å². The standard InChI is InChI=1S/C12H20O/c1-10(2)9-4-5-12(10)6-7-13-11(12,3)8-9/h9H,4-8H2,1-3H3/t9-,11-,12+/m0/s1. The van der Waals surface area contributed by atoms with Crippen LogP contribution in [0.15, 0.2) is 0 Å². The first-order chi connectivity index (χ1) is 6.02. The molecule has 1 spiro atoms. The SMILES string of the molecule is CC1(C)[C@H]2CC[C@@]13CCO[C@@]3(C)C2. The normalized spacial score (nSPS) is 57.0. The van der Waals surface area contributed by atoms with E-state index in [1.165, 1.54) is 25.7 Å². The molecule has 1 heteroatoms. The molecule has 0 aromatic carbocycles. The number of fused-ring (bicyclic) bond motifs is 1. The fourth-order valence-corrected chi connectivity index (χ4v) is 4.82. The Kier molecular flexibility index (Phi) is 1.26. The van der Waals surface area contributed by atoms with Crippen molar-refractivity contribution in [3.05, 3.63) is 0 Å². The van der Waals surface area contributed by atoms with Gasteiger partial charge in [0.2, 0.25) is 0 Å². The van der Waals surface area contributed by atoms with Crippen molar-refractivity contribution in [1.29, 1.82) is 0 Å². The van der Waals surface area contributed by atoms with Crippen molar-refractivity contribution in [3.63, 3.8) is 0 Å². The molecule has 0 unspecified atom stereocenters. The molecule has 2 aliphatic carbocycles. The second-order valence-corrected chi connectivity index (χ2v) is 6.07. The topological polar surface area (TPSA) is 9.23 Å². The molecule has 3 fully saturated rings. The van der Waals surface area contributed by atoms with Gasteiger partial charge < -0.3 is 4.74 Å².